The molecule has 0 aliphatic rings. The molecule has 6 heteroatoms. The van der Waals surface area contributed by atoms with Crippen molar-refractivity contribution in [3.8, 4) is 5.75 Å². The standard InChI is InChI=1S/C22H24N4O2/c1-13(2)26-12-17(16-11-15(28-4)9-10-20(16)26)22(27)23-14(3)21-24-18-7-5-6-8-19(18)25-21/h5-14H,1-4H3,(H,23,27)(H,24,25)/t14-/m0/s1. The molecule has 0 saturated carbocycles. The molecule has 4 aromatic rings. The Labute approximate surface area is 163 Å². The van der Waals surface area contributed by atoms with E-state index in [2.05, 4.69) is 33.7 Å². The molecule has 2 aromatic heterocycles. The van der Waals surface area contributed by atoms with Crippen molar-refractivity contribution >= 4 is 27.8 Å². The zero-order valence-electron chi connectivity index (χ0n) is 16.5. The first-order valence-electron chi connectivity index (χ1n) is 9.42. The van der Waals surface area contributed by atoms with E-state index >= 15 is 0 Å². The van der Waals surface area contributed by atoms with E-state index in [9.17, 15) is 4.79 Å². The summed E-state index contributed by atoms with van der Waals surface area (Å²) in [5.41, 5.74) is 3.49. The van der Waals surface area contributed by atoms with Crippen LogP contribution in [0, 0.1) is 0 Å². The fraction of sp³-hybridized carbons (Fsp3) is 0.273. The van der Waals surface area contributed by atoms with E-state index in [4.69, 9.17) is 4.74 Å². The second kappa shape index (κ2) is 7.03. The van der Waals surface area contributed by atoms with Crippen LogP contribution in [0.15, 0.2) is 48.7 Å². The Balaban J connectivity index is 1.67. The lowest BCUT2D eigenvalue weighted by molar-refractivity contribution is 0.0940. The topological polar surface area (TPSA) is 71.9 Å². The molecule has 0 radical (unpaired) electrons. The number of methoxy groups -OCH3 is 1. The van der Waals surface area contributed by atoms with E-state index in [1.165, 1.54) is 0 Å². The van der Waals surface area contributed by atoms with Crippen LogP contribution in [0.25, 0.3) is 21.9 Å². The molecule has 2 aromatic carbocycles. The third-order valence-corrected chi connectivity index (χ3v) is 5.01. The first kappa shape index (κ1) is 18.1. The van der Waals surface area contributed by atoms with Crippen LogP contribution in [0.3, 0.4) is 0 Å². The van der Waals surface area contributed by atoms with Gasteiger partial charge in [0, 0.05) is 23.1 Å². The number of ether oxygens (including phenoxy) is 1. The Morgan fingerprint density at radius 3 is 2.68 bits per heavy atom. The minimum Gasteiger partial charge on any atom is -0.497 e. The van der Waals surface area contributed by atoms with Crippen molar-refractivity contribution in [3.63, 3.8) is 0 Å². The first-order valence-corrected chi connectivity index (χ1v) is 9.42. The quantitative estimate of drug-likeness (QED) is 0.535. The lowest BCUT2D eigenvalue weighted by atomic mass is 10.1. The zero-order chi connectivity index (χ0) is 19.8. The number of para-hydroxylation sites is 2. The Morgan fingerprint density at radius 2 is 1.96 bits per heavy atom. The molecule has 0 aliphatic heterocycles. The van der Waals surface area contributed by atoms with E-state index in [-0.39, 0.29) is 18.0 Å². The van der Waals surface area contributed by atoms with Crippen molar-refractivity contribution in [2.24, 2.45) is 0 Å². The molecular weight excluding hydrogens is 352 g/mol. The van der Waals surface area contributed by atoms with Gasteiger partial charge in [0.2, 0.25) is 0 Å². The van der Waals surface area contributed by atoms with Crippen LogP contribution >= 0.6 is 0 Å². The Kier molecular flexibility index (Phi) is 4.55. The Morgan fingerprint density at radius 1 is 1.18 bits per heavy atom. The molecule has 0 unspecified atom stereocenters. The van der Waals surface area contributed by atoms with Crippen LogP contribution in [-0.2, 0) is 0 Å². The average Bonchev–Trinajstić information content (AvgIpc) is 3.29. The van der Waals surface area contributed by atoms with Gasteiger partial charge in [0.05, 0.1) is 29.7 Å². The lowest BCUT2D eigenvalue weighted by Crippen LogP contribution is -2.27. The van der Waals surface area contributed by atoms with Crippen molar-refractivity contribution < 1.29 is 9.53 Å². The molecular formula is C22H24N4O2. The van der Waals surface area contributed by atoms with Gasteiger partial charge in [-0.15, -0.1) is 0 Å². The summed E-state index contributed by atoms with van der Waals surface area (Å²) < 4.78 is 7.46. The number of carbonyl (C=O) groups is 1. The van der Waals surface area contributed by atoms with Crippen molar-refractivity contribution in [2.75, 3.05) is 7.11 Å². The molecule has 0 spiro atoms. The molecule has 0 fully saturated rings. The Hall–Kier alpha value is -3.28. The summed E-state index contributed by atoms with van der Waals surface area (Å²) in [6, 6.07) is 13.7. The maximum Gasteiger partial charge on any atom is 0.254 e. The van der Waals surface area contributed by atoms with Crippen LogP contribution < -0.4 is 10.1 Å². The van der Waals surface area contributed by atoms with Gasteiger partial charge in [0.1, 0.15) is 11.6 Å². The SMILES string of the molecule is COc1ccc2c(c1)c(C(=O)N[C@@H](C)c1nc3ccccc3[nH]1)cn2C(C)C. The van der Waals surface area contributed by atoms with Crippen LogP contribution in [0.2, 0.25) is 0 Å². The summed E-state index contributed by atoms with van der Waals surface area (Å²) in [4.78, 5) is 21.0. The smallest absolute Gasteiger partial charge is 0.254 e. The highest BCUT2D eigenvalue weighted by molar-refractivity contribution is 6.07. The molecule has 144 valence electrons. The molecule has 4 rings (SSSR count). The van der Waals surface area contributed by atoms with Crippen LogP contribution in [-0.4, -0.2) is 27.6 Å². The number of aromatic amines is 1. The largest absolute Gasteiger partial charge is 0.497 e. The highest BCUT2D eigenvalue weighted by Gasteiger charge is 2.20. The normalized spacial score (nSPS) is 12.6. The highest BCUT2D eigenvalue weighted by atomic mass is 16.5. The van der Waals surface area contributed by atoms with Gasteiger partial charge in [-0.3, -0.25) is 4.79 Å². The maximum atomic E-state index is 13.1. The minimum atomic E-state index is -0.247. The number of H-pyrrole nitrogens is 1. The van der Waals surface area contributed by atoms with Crippen molar-refractivity contribution in [3.05, 3.63) is 60.0 Å². The average molecular weight is 376 g/mol. The van der Waals surface area contributed by atoms with Gasteiger partial charge >= 0.3 is 0 Å². The molecule has 6 nitrogen and oxygen atoms in total. The summed E-state index contributed by atoms with van der Waals surface area (Å²) in [5.74, 6) is 1.33. The second-order valence-corrected chi connectivity index (χ2v) is 7.26. The number of imidazole rings is 1. The van der Waals surface area contributed by atoms with Crippen LogP contribution in [0.5, 0.6) is 5.75 Å². The summed E-state index contributed by atoms with van der Waals surface area (Å²) in [7, 11) is 1.63. The molecule has 2 N–H and O–H groups in total. The van der Waals surface area contributed by atoms with Crippen molar-refractivity contribution in [1.82, 2.24) is 19.9 Å². The van der Waals surface area contributed by atoms with Gasteiger partial charge in [0.15, 0.2) is 0 Å². The molecule has 0 bridgehead atoms. The number of nitrogens with zero attached hydrogens (tertiary/aromatic N) is 2. The molecule has 1 atom stereocenters. The Bertz CT molecular complexity index is 1120. The third-order valence-electron chi connectivity index (χ3n) is 5.01. The number of rotatable bonds is 5. The lowest BCUT2D eigenvalue weighted by Gasteiger charge is -2.11. The van der Waals surface area contributed by atoms with Gasteiger partial charge in [-0.2, -0.15) is 0 Å². The molecule has 28 heavy (non-hydrogen) atoms. The highest BCUT2D eigenvalue weighted by Crippen LogP contribution is 2.29. The van der Waals surface area contributed by atoms with Gasteiger partial charge in [-0.1, -0.05) is 12.1 Å². The van der Waals surface area contributed by atoms with E-state index < -0.39 is 0 Å². The van der Waals surface area contributed by atoms with Gasteiger partial charge in [-0.25, -0.2) is 4.98 Å². The molecule has 2 heterocycles. The number of hydrogen-bond donors (Lipinski definition) is 2. The molecule has 0 saturated heterocycles. The fourth-order valence-electron chi connectivity index (χ4n) is 3.49. The molecule has 0 aliphatic carbocycles. The van der Waals surface area contributed by atoms with E-state index in [0.29, 0.717) is 5.56 Å². The van der Waals surface area contributed by atoms with Crippen molar-refractivity contribution in [1.29, 1.82) is 0 Å². The minimum absolute atomic E-state index is 0.134. The zero-order valence-corrected chi connectivity index (χ0v) is 16.5. The number of hydrogen-bond acceptors (Lipinski definition) is 3. The number of amides is 1. The van der Waals surface area contributed by atoms with Gasteiger partial charge in [0.25, 0.3) is 5.91 Å². The first-order chi connectivity index (χ1) is 13.5. The predicted octanol–water partition coefficient (Wildman–Crippen LogP) is 4.60. The summed E-state index contributed by atoms with van der Waals surface area (Å²) in [6.45, 7) is 6.13. The third kappa shape index (κ3) is 3.11. The number of nitrogens with one attached hydrogen (secondary N) is 2. The maximum absolute atomic E-state index is 13.1. The van der Waals surface area contributed by atoms with Gasteiger partial charge in [-0.05, 0) is 51.1 Å². The monoisotopic (exact) mass is 376 g/mol. The van der Waals surface area contributed by atoms with Crippen LogP contribution in [0.1, 0.15) is 49.0 Å². The number of aromatic nitrogens is 3. The fourth-order valence-corrected chi connectivity index (χ4v) is 3.49. The summed E-state index contributed by atoms with van der Waals surface area (Å²) in [5, 5.41) is 3.95. The van der Waals surface area contributed by atoms with E-state index in [1.54, 1.807) is 7.11 Å². The number of benzene rings is 2. The van der Waals surface area contributed by atoms with E-state index in [1.807, 2.05) is 55.6 Å². The van der Waals surface area contributed by atoms with Crippen LogP contribution in [0.4, 0.5) is 0 Å². The summed E-state index contributed by atoms with van der Waals surface area (Å²) in [6.07, 6.45) is 1.91. The van der Waals surface area contributed by atoms with Crippen molar-refractivity contribution in [2.45, 2.75) is 32.9 Å². The number of carbonyl (C=O) groups excluding carboxylic acids is 1. The number of fused-ring (bicyclic) bond motifs is 2. The van der Waals surface area contributed by atoms with Gasteiger partial charge < -0.3 is 19.6 Å². The predicted molar refractivity (Wildman–Crippen MR) is 111 cm³/mol. The molecule has 1 amide bonds. The second-order valence-electron chi connectivity index (χ2n) is 7.26. The summed E-state index contributed by atoms with van der Waals surface area (Å²) >= 11 is 0. The van der Waals surface area contributed by atoms with E-state index in [0.717, 1.165) is 33.5 Å².